The molecule has 0 radical (unpaired) electrons. The van der Waals surface area contributed by atoms with Gasteiger partial charge in [0, 0.05) is 18.7 Å². The van der Waals surface area contributed by atoms with Gasteiger partial charge in [-0.05, 0) is 31.2 Å². The van der Waals surface area contributed by atoms with E-state index in [4.69, 9.17) is 0 Å². The summed E-state index contributed by atoms with van der Waals surface area (Å²) in [6, 6.07) is 7.67. The van der Waals surface area contributed by atoms with Crippen LogP contribution in [-0.2, 0) is 6.54 Å². The van der Waals surface area contributed by atoms with Gasteiger partial charge >= 0.3 is 0 Å². The van der Waals surface area contributed by atoms with Crippen LogP contribution < -0.4 is 10.6 Å². The zero-order chi connectivity index (χ0) is 11.1. The minimum atomic E-state index is 0.00908. The molecule has 0 bridgehead atoms. The van der Waals surface area contributed by atoms with Crippen LogP contribution in [0.25, 0.3) is 0 Å². The van der Waals surface area contributed by atoms with Gasteiger partial charge in [0.05, 0.1) is 0 Å². The predicted molar refractivity (Wildman–Crippen MR) is 61.8 cm³/mol. The molecule has 2 N–H and O–H groups in total. The zero-order valence-electron chi connectivity index (χ0n) is 9.34. The van der Waals surface area contributed by atoms with Crippen LogP contribution in [0.5, 0.6) is 0 Å². The first-order valence-electron chi connectivity index (χ1n) is 5.29. The molecule has 0 atom stereocenters. The van der Waals surface area contributed by atoms with Crippen LogP contribution in [0.4, 0.5) is 0 Å². The lowest BCUT2D eigenvalue weighted by molar-refractivity contribution is 0.0953. The van der Waals surface area contributed by atoms with Crippen molar-refractivity contribution < 1.29 is 4.79 Å². The number of benzene rings is 1. The average molecular weight is 206 g/mol. The minimum Gasteiger partial charge on any atom is -0.352 e. The third kappa shape index (κ3) is 3.72. The van der Waals surface area contributed by atoms with Crippen LogP contribution in [0.2, 0.25) is 0 Å². The zero-order valence-corrected chi connectivity index (χ0v) is 9.34. The molecule has 1 aromatic carbocycles. The summed E-state index contributed by atoms with van der Waals surface area (Å²) >= 11 is 0. The monoisotopic (exact) mass is 206 g/mol. The van der Waals surface area contributed by atoms with E-state index in [9.17, 15) is 4.79 Å². The van der Waals surface area contributed by atoms with Crippen molar-refractivity contribution in [3.05, 3.63) is 35.4 Å². The second-order valence-corrected chi connectivity index (χ2v) is 3.49. The van der Waals surface area contributed by atoms with Gasteiger partial charge in [-0.3, -0.25) is 4.79 Å². The van der Waals surface area contributed by atoms with E-state index in [0.717, 1.165) is 30.6 Å². The quantitative estimate of drug-likeness (QED) is 0.767. The summed E-state index contributed by atoms with van der Waals surface area (Å²) < 4.78 is 0. The van der Waals surface area contributed by atoms with Crippen molar-refractivity contribution in [3.63, 3.8) is 0 Å². The SMILES string of the molecule is CCCNC(=O)c1cccc(CNC)c1. The summed E-state index contributed by atoms with van der Waals surface area (Å²) in [7, 11) is 1.89. The van der Waals surface area contributed by atoms with Gasteiger partial charge in [-0.25, -0.2) is 0 Å². The van der Waals surface area contributed by atoms with Crippen LogP contribution in [0, 0.1) is 0 Å². The number of hydrogen-bond acceptors (Lipinski definition) is 2. The molecule has 82 valence electrons. The third-order valence-electron chi connectivity index (χ3n) is 2.11. The fourth-order valence-corrected chi connectivity index (χ4v) is 1.37. The van der Waals surface area contributed by atoms with Gasteiger partial charge in [0.1, 0.15) is 0 Å². The number of amides is 1. The van der Waals surface area contributed by atoms with E-state index in [-0.39, 0.29) is 5.91 Å². The highest BCUT2D eigenvalue weighted by Crippen LogP contribution is 2.04. The van der Waals surface area contributed by atoms with Gasteiger partial charge in [0.15, 0.2) is 0 Å². The van der Waals surface area contributed by atoms with Crippen molar-refractivity contribution in [2.45, 2.75) is 19.9 Å². The molecule has 0 aromatic heterocycles. The van der Waals surface area contributed by atoms with Gasteiger partial charge in [0.2, 0.25) is 0 Å². The van der Waals surface area contributed by atoms with Gasteiger partial charge < -0.3 is 10.6 Å². The summed E-state index contributed by atoms with van der Waals surface area (Å²) in [5, 5.41) is 5.92. The Morgan fingerprint density at radius 2 is 2.20 bits per heavy atom. The minimum absolute atomic E-state index is 0.00908. The lowest BCUT2D eigenvalue weighted by Gasteiger charge is -2.05. The maximum Gasteiger partial charge on any atom is 0.251 e. The summed E-state index contributed by atoms with van der Waals surface area (Å²) in [6.07, 6.45) is 0.960. The molecule has 0 heterocycles. The Bertz CT molecular complexity index is 323. The number of carbonyl (C=O) groups excluding carboxylic acids is 1. The summed E-state index contributed by atoms with van der Waals surface area (Å²) in [5.74, 6) is 0.00908. The molecule has 0 saturated heterocycles. The molecule has 1 aromatic rings. The third-order valence-corrected chi connectivity index (χ3v) is 2.11. The smallest absolute Gasteiger partial charge is 0.251 e. The first-order chi connectivity index (χ1) is 7.27. The Morgan fingerprint density at radius 3 is 2.87 bits per heavy atom. The van der Waals surface area contributed by atoms with Crippen LogP contribution in [0.3, 0.4) is 0 Å². The van der Waals surface area contributed by atoms with Crippen molar-refractivity contribution in [2.24, 2.45) is 0 Å². The Balaban J connectivity index is 2.67. The average Bonchev–Trinajstić information content (AvgIpc) is 2.27. The number of rotatable bonds is 5. The molecule has 0 fully saturated rings. The number of hydrogen-bond donors (Lipinski definition) is 2. The summed E-state index contributed by atoms with van der Waals surface area (Å²) in [6.45, 7) is 3.56. The van der Waals surface area contributed by atoms with E-state index in [1.165, 1.54) is 0 Å². The van der Waals surface area contributed by atoms with E-state index < -0.39 is 0 Å². The number of nitrogens with one attached hydrogen (secondary N) is 2. The topological polar surface area (TPSA) is 41.1 Å². The highest BCUT2D eigenvalue weighted by molar-refractivity contribution is 5.94. The Kier molecular flexibility index (Phi) is 4.84. The lowest BCUT2D eigenvalue weighted by atomic mass is 10.1. The molecule has 0 aliphatic rings. The van der Waals surface area contributed by atoms with Crippen LogP contribution in [0.1, 0.15) is 29.3 Å². The lowest BCUT2D eigenvalue weighted by Crippen LogP contribution is -2.24. The molecular formula is C12H18N2O. The van der Waals surface area contributed by atoms with Gasteiger partial charge in [-0.15, -0.1) is 0 Å². The largest absolute Gasteiger partial charge is 0.352 e. The van der Waals surface area contributed by atoms with E-state index in [1.54, 1.807) is 0 Å². The molecule has 0 aliphatic carbocycles. The van der Waals surface area contributed by atoms with Crippen molar-refractivity contribution in [3.8, 4) is 0 Å². The molecule has 0 spiro atoms. The van der Waals surface area contributed by atoms with Gasteiger partial charge in [-0.1, -0.05) is 19.1 Å². The second-order valence-electron chi connectivity index (χ2n) is 3.49. The van der Waals surface area contributed by atoms with E-state index in [1.807, 2.05) is 38.2 Å². The Hall–Kier alpha value is -1.35. The first-order valence-corrected chi connectivity index (χ1v) is 5.29. The van der Waals surface area contributed by atoms with Crippen molar-refractivity contribution in [1.82, 2.24) is 10.6 Å². The van der Waals surface area contributed by atoms with Gasteiger partial charge in [0.25, 0.3) is 5.91 Å². The Morgan fingerprint density at radius 1 is 1.40 bits per heavy atom. The van der Waals surface area contributed by atoms with Crippen LogP contribution in [-0.4, -0.2) is 19.5 Å². The van der Waals surface area contributed by atoms with Crippen LogP contribution in [0.15, 0.2) is 24.3 Å². The maximum absolute atomic E-state index is 11.6. The molecule has 1 rings (SSSR count). The summed E-state index contributed by atoms with van der Waals surface area (Å²) in [4.78, 5) is 11.6. The predicted octanol–water partition coefficient (Wildman–Crippen LogP) is 1.55. The maximum atomic E-state index is 11.6. The van der Waals surface area contributed by atoms with Crippen molar-refractivity contribution in [2.75, 3.05) is 13.6 Å². The first kappa shape index (κ1) is 11.7. The van der Waals surface area contributed by atoms with Crippen molar-refractivity contribution in [1.29, 1.82) is 0 Å². The molecule has 3 heteroatoms. The van der Waals surface area contributed by atoms with E-state index in [0.29, 0.717) is 0 Å². The van der Waals surface area contributed by atoms with E-state index >= 15 is 0 Å². The molecule has 0 aliphatic heterocycles. The fourth-order valence-electron chi connectivity index (χ4n) is 1.37. The Labute approximate surface area is 90.9 Å². The molecule has 15 heavy (non-hydrogen) atoms. The van der Waals surface area contributed by atoms with Gasteiger partial charge in [-0.2, -0.15) is 0 Å². The van der Waals surface area contributed by atoms with Crippen LogP contribution >= 0.6 is 0 Å². The summed E-state index contributed by atoms with van der Waals surface area (Å²) in [5.41, 5.74) is 1.86. The fraction of sp³-hybridized carbons (Fsp3) is 0.417. The van der Waals surface area contributed by atoms with Crippen molar-refractivity contribution >= 4 is 5.91 Å². The van der Waals surface area contributed by atoms with E-state index in [2.05, 4.69) is 10.6 Å². The normalized spacial score (nSPS) is 10.0. The molecule has 1 amide bonds. The number of carbonyl (C=O) groups is 1. The standard InChI is InChI=1S/C12H18N2O/c1-3-7-14-12(15)11-6-4-5-10(8-11)9-13-2/h4-6,8,13H,3,7,9H2,1-2H3,(H,14,15). The molecular weight excluding hydrogens is 188 g/mol. The molecule has 0 unspecified atom stereocenters. The molecule has 0 saturated carbocycles. The highest BCUT2D eigenvalue weighted by atomic mass is 16.1. The highest BCUT2D eigenvalue weighted by Gasteiger charge is 2.04. The second kappa shape index (κ2) is 6.19. The molecule has 3 nitrogen and oxygen atoms in total.